The van der Waals surface area contributed by atoms with Crippen LogP contribution in [0, 0.1) is 11.8 Å². The van der Waals surface area contributed by atoms with E-state index in [4.69, 9.17) is 19.3 Å². The lowest BCUT2D eigenvalue weighted by molar-refractivity contribution is -0.161. The van der Waals surface area contributed by atoms with Crippen molar-refractivity contribution in [2.45, 2.75) is 180 Å². The molecule has 0 aromatic rings. The van der Waals surface area contributed by atoms with Gasteiger partial charge in [0.2, 0.25) is 0 Å². The number of carbonyl (C=O) groups is 3. The van der Waals surface area contributed by atoms with E-state index in [2.05, 4.69) is 42.7 Å². The van der Waals surface area contributed by atoms with Gasteiger partial charge in [-0.05, 0) is 51.4 Å². The summed E-state index contributed by atoms with van der Waals surface area (Å²) in [6, 6.07) is 0. The third-order valence-electron chi connectivity index (χ3n) is 9.55. The second-order valence-corrected chi connectivity index (χ2v) is 15.7. The number of carbonyl (C=O) groups excluding carboxylic acids is 3. The van der Waals surface area contributed by atoms with Gasteiger partial charge in [0.15, 0.2) is 6.10 Å². The summed E-state index contributed by atoms with van der Waals surface area (Å²) in [6.07, 6.45) is 29.1. The molecule has 53 heavy (non-hydrogen) atoms. The molecule has 0 heterocycles. The fourth-order valence-electron chi connectivity index (χ4n) is 6.44. The van der Waals surface area contributed by atoms with Crippen molar-refractivity contribution < 1.29 is 52.9 Å². The van der Waals surface area contributed by atoms with Crippen LogP contribution in [0.1, 0.15) is 162 Å². The second kappa shape index (κ2) is 31.1. The van der Waals surface area contributed by atoms with Crippen molar-refractivity contribution in [1.29, 1.82) is 0 Å². The third-order valence-corrected chi connectivity index (χ3v) is 10.0. The maximum absolute atomic E-state index is 12.5. The lowest BCUT2D eigenvalue weighted by atomic mass is 9.88. The van der Waals surface area contributed by atoms with Gasteiger partial charge in [-0.1, -0.05) is 127 Å². The van der Waals surface area contributed by atoms with Crippen LogP contribution in [0.2, 0.25) is 0 Å². The van der Waals surface area contributed by atoms with Gasteiger partial charge in [-0.25, -0.2) is 4.57 Å². The molecule has 0 spiro atoms. The lowest BCUT2D eigenvalue weighted by Crippen LogP contribution is -2.29. The van der Waals surface area contributed by atoms with Gasteiger partial charge in [0, 0.05) is 31.1 Å². The highest BCUT2D eigenvalue weighted by atomic mass is 31.2. The van der Waals surface area contributed by atoms with E-state index < -0.39 is 44.7 Å². The molecular formula is C41H71O11P. The van der Waals surface area contributed by atoms with E-state index in [1.54, 1.807) is 12.2 Å². The molecule has 306 valence electrons. The van der Waals surface area contributed by atoms with Gasteiger partial charge in [-0.15, -0.1) is 0 Å². The largest absolute Gasteiger partial charge is 0.469 e. The lowest BCUT2D eigenvalue weighted by Gasteiger charge is -2.19. The van der Waals surface area contributed by atoms with E-state index in [1.807, 2.05) is 0 Å². The van der Waals surface area contributed by atoms with E-state index in [0.29, 0.717) is 32.1 Å². The Kier molecular flexibility index (Phi) is 28.7. The molecule has 1 rings (SSSR count). The molecule has 0 saturated heterocycles. The van der Waals surface area contributed by atoms with Crippen molar-refractivity contribution in [3.05, 3.63) is 36.5 Å². The fraction of sp³-hybridized carbons (Fsp3) is 0.780. The number of phosphoric ester groups is 1. The average Bonchev–Trinajstić information content (AvgIpc) is 3.38. The van der Waals surface area contributed by atoms with Gasteiger partial charge < -0.3 is 29.5 Å². The molecule has 0 unspecified atom stereocenters. The predicted molar refractivity (Wildman–Crippen MR) is 208 cm³/mol. The molecule has 1 saturated carbocycles. The number of hydrogen-bond acceptors (Lipinski definition) is 9. The first-order valence-electron chi connectivity index (χ1n) is 20.4. The molecule has 0 aromatic carbocycles. The fourth-order valence-corrected chi connectivity index (χ4v) is 6.80. The van der Waals surface area contributed by atoms with Crippen molar-refractivity contribution in [3.8, 4) is 0 Å². The minimum Gasteiger partial charge on any atom is -0.462 e. The Balaban J connectivity index is 2.30. The number of phosphoric acid groups is 1. The average molecular weight is 771 g/mol. The molecule has 0 aromatic heterocycles. The van der Waals surface area contributed by atoms with Gasteiger partial charge in [0.25, 0.3) is 0 Å². The van der Waals surface area contributed by atoms with Crippen molar-refractivity contribution in [1.82, 2.24) is 0 Å². The maximum atomic E-state index is 12.5. The Morgan fingerprint density at radius 1 is 0.792 bits per heavy atom. The van der Waals surface area contributed by atoms with E-state index >= 15 is 0 Å². The molecule has 0 amide bonds. The number of esters is 2. The van der Waals surface area contributed by atoms with E-state index in [1.165, 1.54) is 25.7 Å². The van der Waals surface area contributed by atoms with Crippen molar-refractivity contribution in [2.24, 2.45) is 11.8 Å². The van der Waals surface area contributed by atoms with Crippen LogP contribution in [0.15, 0.2) is 36.5 Å². The summed E-state index contributed by atoms with van der Waals surface area (Å²) in [5.41, 5.74) is 0. The van der Waals surface area contributed by atoms with Crippen LogP contribution in [-0.4, -0.2) is 69.2 Å². The number of Topliss-reactive ketones (excluding diaryl/α,β-unsaturated/α-hetero) is 1. The van der Waals surface area contributed by atoms with E-state index in [9.17, 15) is 29.2 Å². The first-order valence-corrected chi connectivity index (χ1v) is 21.9. The number of hydrogen-bond donors (Lipinski definition) is 4. The molecular weight excluding hydrogens is 699 g/mol. The first-order chi connectivity index (χ1) is 25.5. The van der Waals surface area contributed by atoms with Crippen molar-refractivity contribution in [2.75, 3.05) is 13.2 Å². The van der Waals surface area contributed by atoms with Crippen LogP contribution >= 0.6 is 7.82 Å². The minimum atomic E-state index is -4.82. The van der Waals surface area contributed by atoms with Gasteiger partial charge in [-0.3, -0.25) is 18.9 Å². The number of unbranched alkanes of at least 4 members (excludes halogenated alkanes) is 14. The summed E-state index contributed by atoms with van der Waals surface area (Å²) >= 11 is 0. The van der Waals surface area contributed by atoms with Crippen LogP contribution in [0.5, 0.6) is 0 Å². The Morgan fingerprint density at radius 2 is 1.36 bits per heavy atom. The topological polar surface area (TPSA) is 177 Å². The normalized spacial score (nSPS) is 19.1. The second-order valence-electron chi connectivity index (χ2n) is 14.4. The highest BCUT2D eigenvalue weighted by molar-refractivity contribution is 7.46. The quantitative estimate of drug-likeness (QED) is 0.0165. The first kappa shape index (κ1) is 48.9. The number of ketones is 1. The standard InChI is InChI=1S/C41H71O11P/c1-3-5-7-8-9-10-11-12-13-14-15-16-17-18-23-27-40(45)50-32-35(33-51-53(47,48)49)52-41(46)28-24-20-19-22-26-36-37(39(44)31-38(36)43)30-29-34(42)25-21-6-4-2/h10-13,29-30,34-37,39,42,44H,3-9,14-28,31-33H2,1-2H3,(H2,47,48,49)/b11-10-,13-12-,30-29+/t34-,35+,36+,37+,39+/m0/s1. The molecule has 0 radical (unpaired) electrons. The Hall–Kier alpha value is -2.14. The van der Waals surface area contributed by atoms with E-state index in [0.717, 1.165) is 70.6 Å². The zero-order valence-electron chi connectivity index (χ0n) is 32.6. The summed E-state index contributed by atoms with van der Waals surface area (Å²) in [5, 5.41) is 20.6. The molecule has 0 aliphatic heterocycles. The van der Waals surface area contributed by atoms with Crippen LogP contribution in [0.25, 0.3) is 0 Å². The minimum absolute atomic E-state index is 0.0337. The summed E-state index contributed by atoms with van der Waals surface area (Å²) in [4.78, 5) is 55.5. The molecule has 4 N–H and O–H groups in total. The summed E-state index contributed by atoms with van der Waals surface area (Å²) < 4.78 is 26.3. The van der Waals surface area contributed by atoms with Gasteiger partial charge in [-0.2, -0.15) is 0 Å². The van der Waals surface area contributed by atoms with Crippen LogP contribution < -0.4 is 0 Å². The Morgan fingerprint density at radius 3 is 2.00 bits per heavy atom. The SMILES string of the molecule is CCCCCC/C=C\C=C/CCCCCCCC(=O)OC[C@H](COP(=O)(O)O)OC(=O)CCCCCC[C@H]1C(=O)C[C@@H](O)[C@@H]1/C=C/[C@@H](O)CCCCC. The molecule has 1 aliphatic carbocycles. The molecule has 12 heteroatoms. The molecule has 1 fully saturated rings. The molecule has 0 bridgehead atoms. The maximum Gasteiger partial charge on any atom is 0.469 e. The highest BCUT2D eigenvalue weighted by Gasteiger charge is 2.39. The monoisotopic (exact) mass is 770 g/mol. The highest BCUT2D eigenvalue weighted by Crippen LogP contribution is 2.36. The van der Waals surface area contributed by atoms with Gasteiger partial charge >= 0.3 is 19.8 Å². The van der Waals surface area contributed by atoms with Crippen molar-refractivity contribution in [3.63, 3.8) is 0 Å². The van der Waals surface area contributed by atoms with Crippen LogP contribution in [0.4, 0.5) is 0 Å². The predicted octanol–water partition coefficient (Wildman–Crippen LogP) is 8.77. The van der Waals surface area contributed by atoms with Gasteiger partial charge in [0.05, 0.1) is 18.8 Å². The zero-order chi connectivity index (χ0) is 39.2. The Bertz CT molecular complexity index is 1120. The number of rotatable bonds is 33. The summed E-state index contributed by atoms with van der Waals surface area (Å²) in [5.74, 6) is -1.63. The third kappa shape index (κ3) is 27.1. The number of ether oxygens (including phenoxy) is 2. The number of aliphatic hydroxyl groups excluding tert-OH is 2. The van der Waals surface area contributed by atoms with Crippen LogP contribution in [-0.2, 0) is 32.9 Å². The molecule has 1 aliphatic rings. The van der Waals surface area contributed by atoms with Crippen molar-refractivity contribution >= 4 is 25.5 Å². The van der Waals surface area contributed by atoms with Crippen LogP contribution in [0.3, 0.4) is 0 Å². The summed E-state index contributed by atoms with van der Waals surface area (Å²) in [7, 11) is -4.82. The number of aliphatic hydroxyl groups is 2. The number of allylic oxidation sites excluding steroid dienone is 4. The smallest absolute Gasteiger partial charge is 0.462 e. The summed E-state index contributed by atoms with van der Waals surface area (Å²) in [6.45, 7) is 3.34. The van der Waals surface area contributed by atoms with E-state index in [-0.39, 0.29) is 43.5 Å². The zero-order valence-corrected chi connectivity index (χ0v) is 33.5. The molecule has 11 nitrogen and oxygen atoms in total. The van der Waals surface area contributed by atoms with Gasteiger partial charge in [0.1, 0.15) is 12.4 Å². The Labute approximate surface area is 319 Å². The molecule has 5 atom stereocenters.